The van der Waals surface area contributed by atoms with Crippen LogP contribution in [0.3, 0.4) is 0 Å². The lowest BCUT2D eigenvalue weighted by Gasteiger charge is -2.12. The van der Waals surface area contributed by atoms with Gasteiger partial charge < -0.3 is 10.1 Å². The minimum atomic E-state index is -0.564. The fourth-order valence-corrected chi connectivity index (χ4v) is 2.64. The predicted molar refractivity (Wildman–Crippen MR) is 100 cm³/mol. The molecule has 140 valence electrons. The second-order valence-electron chi connectivity index (χ2n) is 6.38. The van der Waals surface area contributed by atoms with Crippen molar-refractivity contribution in [3.05, 3.63) is 71.2 Å². The molecule has 0 aliphatic carbocycles. The van der Waals surface area contributed by atoms with E-state index >= 15 is 0 Å². The third-order valence-corrected chi connectivity index (χ3v) is 4.35. The van der Waals surface area contributed by atoms with Gasteiger partial charge in [0.2, 0.25) is 0 Å². The van der Waals surface area contributed by atoms with Crippen LogP contribution >= 0.6 is 0 Å². The van der Waals surface area contributed by atoms with E-state index in [1.807, 2.05) is 38.1 Å². The van der Waals surface area contributed by atoms with Crippen LogP contribution in [0.5, 0.6) is 5.75 Å². The Balaban J connectivity index is 1.73. The molecule has 2 aromatic carbocycles. The zero-order valence-electron chi connectivity index (χ0n) is 15.2. The normalized spacial score (nSPS) is 16.6. The molecular weight excluding hydrogens is 347 g/mol. The van der Waals surface area contributed by atoms with Crippen LogP contribution in [-0.2, 0) is 11.3 Å². The Hall–Kier alpha value is -3.15. The van der Waals surface area contributed by atoms with E-state index in [1.54, 1.807) is 24.3 Å². The minimum Gasteiger partial charge on any atom is -0.491 e. The summed E-state index contributed by atoms with van der Waals surface area (Å²) < 4.78 is 19.5. The first kappa shape index (κ1) is 18.6. The molecule has 1 atom stereocenters. The van der Waals surface area contributed by atoms with Crippen molar-refractivity contribution in [2.75, 3.05) is 0 Å². The summed E-state index contributed by atoms with van der Waals surface area (Å²) in [6.45, 7) is 3.92. The number of hydrogen-bond acceptors (Lipinski definition) is 3. The van der Waals surface area contributed by atoms with Gasteiger partial charge in [-0.2, -0.15) is 0 Å². The van der Waals surface area contributed by atoms with Gasteiger partial charge in [0.1, 0.15) is 17.3 Å². The van der Waals surface area contributed by atoms with Crippen LogP contribution in [0.25, 0.3) is 6.08 Å². The molecule has 2 aromatic rings. The molecule has 1 heterocycles. The van der Waals surface area contributed by atoms with E-state index in [-0.39, 0.29) is 23.9 Å². The Morgan fingerprint density at radius 1 is 1.15 bits per heavy atom. The quantitative estimate of drug-likeness (QED) is 0.617. The Labute approximate surface area is 157 Å². The van der Waals surface area contributed by atoms with Crippen molar-refractivity contribution < 1.29 is 18.7 Å². The molecule has 6 heteroatoms. The van der Waals surface area contributed by atoms with Gasteiger partial charge in [0.15, 0.2) is 0 Å². The van der Waals surface area contributed by atoms with Crippen LogP contribution in [0.15, 0.2) is 54.2 Å². The monoisotopic (exact) mass is 368 g/mol. The molecule has 0 spiro atoms. The van der Waals surface area contributed by atoms with Gasteiger partial charge in [-0.05, 0) is 43.2 Å². The van der Waals surface area contributed by atoms with Crippen LogP contribution in [0.2, 0.25) is 0 Å². The smallest absolute Gasteiger partial charge is 0.329 e. The van der Waals surface area contributed by atoms with Gasteiger partial charge in [0.05, 0.1) is 12.6 Å². The number of ether oxygens (including phenoxy) is 1. The number of urea groups is 1. The third kappa shape index (κ3) is 4.34. The molecule has 1 N–H and O–H groups in total. The predicted octanol–water partition coefficient (Wildman–Crippen LogP) is 4.10. The van der Waals surface area contributed by atoms with Gasteiger partial charge in [-0.15, -0.1) is 0 Å². The van der Waals surface area contributed by atoms with Gasteiger partial charge in [-0.25, -0.2) is 9.18 Å². The number of carbonyl (C=O) groups excluding carboxylic acids is 2. The molecule has 1 fully saturated rings. The topological polar surface area (TPSA) is 58.6 Å². The first-order valence-electron chi connectivity index (χ1n) is 8.82. The number of carbonyl (C=O) groups is 2. The summed E-state index contributed by atoms with van der Waals surface area (Å²) in [6, 6.07) is 12.8. The van der Waals surface area contributed by atoms with E-state index in [9.17, 15) is 14.0 Å². The second-order valence-corrected chi connectivity index (χ2v) is 6.38. The summed E-state index contributed by atoms with van der Waals surface area (Å²) in [6.07, 6.45) is 2.62. The van der Waals surface area contributed by atoms with E-state index < -0.39 is 17.8 Å². The molecule has 1 saturated heterocycles. The Morgan fingerprint density at radius 2 is 1.85 bits per heavy atom. The Kier molecular flexibility index (Phi) is 5.54. The van der Waals surface area contributed by atoms with Crippen LogP contribution in [0, 0.1) is 5.82 Å². The van der Waals surface area contributed by atoms with Crippen molar-refractivity contribution in [1.29, 1.82) is 0 Å². The van der Waals surface area contributed by atoms with E-state index in [0.29, 0.717) is 0 Å². The number of benzene rings is 2. The molecule has 3 rings (SSSR count). The van der Waals surface area contributed by atoms with Crippen molar-refractivity contribution in [1.82, 2.24) is 10.2 Å². The maximum Gasteiger partial charge on any atom is 0.329 e. The number of hydrogen-bond donors (Lipinski definition) is 1. The molecule has 0 bridgehead atoms. The van der Waals surface area contributed by atoms with Crippen LogP contribution < -0.4 is 10.1 Å². The van der Waals surface area contributed by atoms with E-state index in [0.717, 1.165) is 22.6 Å². The lowest BCUT2D eigenvalue weighted by Crippen LogP contribution is -2.30. The molecule has 0 radical (unpaired) electrons. The fourth-order valence-electron chi connectivity index (χ4n) is 2.64. The Morgan fingerprint density at radius 3 is 2.52 bits per heavy atom. The molecule has 0 aromatic heterocycles. The molecular formula is C21H21FN2O3. The summed E-state index contributed by atoms with van der Waals surface area (Å²) in [5, 5.41) is 2.54. The summed E-state index contributed by atoms with van der Waals surface area (Å²) in [5.74, 6) is -0.190. The van der Waals surface area contributed by atoms with E-state index in [1.165, 1.54) is 6.07 Å². The highest BCUT2D eigenvalue weighted by molar-refractivity contribution is 6.13. The van der Waals surface area contributed by atoms with Crippen LogP contribution in [0.4, 0.5) is 9.18 Å². The number of halogens is 1. The summed E-state index contributed by atoms with van der Waals surface area (Å²) in [4.78, 5) is 25.6. The standard InChI is InChI=1S/C21H21FN2O3/c1-3-14(2)27-17-10-8-15(9-11-17)12-19-20(25)24(21(26)23-19)13-16-6-4-5-7-18(16)22/h4-12,14H,3,13H2,1-2H3,(H,23,26)/b19-12-. The molecule has 1 aliphatic rings. The van der Waals surface area contributed by atoms with Crippen molar-refractivity contribution in [3.8, 4) is 5.75 Å². The van der Waals surface area contributed by atoms with Gasteiger partial charge in [-0.1, -0.05) is 37.3 Å². The number of imide groups is 1. The zero-order valence-corrected chi connectivity index (χ0v) is 15.2. The van der Waals surface area contributed by atoms with Crippen LogP contribution in [0.1, 0.15) is 31.4 Å². The van der Waals surface area contributed by atoms with Crippen molar-refractivity contribution in [3.63, 3.8) is 0 Å². The van der Waals surface area contributed by atoms with Gasteiger partial charge in [0, 0.05) is 5.56 Å². The highest BCUT2D eigenvalue weighted by Crippen LogP contribution is 2.20. The van der Waals surface area contributed by atoms with Crippen molar-refractivity contribution in [2.24, 2.45) is 0 Å². The largest absolute Gasteiger partial charge is 0.491 e. The summed E-state index contributed by atoms with van der Waals surface area (Å²) in [7, 11) is 0. The average Bonchev–Trinajstić information content (AvgIpc) is 2.92. The molecule has 1 unspecified atom stereocenters. The third-order valence-electron chi connectivity index (χ3n) is 4.35. The van der Waals surface area contributed by atoms with Crippen molar-refractivity contribution in [2.45, 2.75) is 32.9 Å². The second kappa shape index (κ2) is 8.03. The van der Waals surface area contributed by atoms with E-state index in [2.05, 4.69) is 5.32 Å². The minimum absolute atomic E-state index is 0.115. The fraction of sp³-hybridized carbons (Fsp3) is 0.238. The number of amides is 3. The summed E-state index contributed by atoms with van der Waals surface area (Å²) >= 11 is 0. The number of nitrogens with one attached hydrogen (secondary N) is 1. The lowest BCUT2D eigenvalue weighted by molar-refractivity contribution is -0.123. The number of nitrogens with zero attached hydrogens (tertiary/aromatic N) is 1. The highest BCUT2D eigenvalue weighted by Gasteiger charge is 2.33. The molecule has 27 heavy (non-hydrogen) atoms. The molecule has 0 saturated carbocycles. The van der Waals surface area contributed by atoms with E-state index in [4.69, 9.17) is 4.74 Å². The Bertz CT molecular complexity index is 877. The SMILES string of the molecule is CCC(C)Oc1ccc(/C=C2\NC(=O)N(Cc3ccccc3F)C2=O)cc1. The maximum absolute atomic E-state index is 13.8. The highest BCUT2D eigenvalue weighted by atomic mass is 19.1. The van der Waals surface area contributed by atoms with Gasteiger partial charge >= 0.3 is 6.03 Å². The molecule has 5 nitrogen and oxygen atoms in total. The lowest BCUT2D eigenvalue weighted by atomic mass is 10.1. The van der Waals surface area contributed by atoms with Gasteiger partial charge in [-0.3, -0.25) is 9.69 Å². The van der Waals surface area contributed by atoms with Gasteiger partial charge in [0.25, 0.3) is 5.91 Å². The molecule has 3 amide bonds. The number of rotatable bonds is 6. The maximum atomic E-state index is 13.8. The first-order valence-corrected chi connectivity index (χ1v) is 8.82. The van der Waals surface area contributed by atoms with Crippen molar-refractivity contribution >= 4 is 18.0 Å². The first-order chi connectivity index (χ1) is 13.0. The van der Waals surface area contributed by atoms with Crippen LogP contribution in [-0.4, -0.2) is 22.9 Å². The zero-order chi connectivity index (χ0) is 19.4. The molecule has 1 aliphatic heterocycles. The summed E-state index contributed by atoms with van der Waals surface area (Å²) in [5.41, 5.74) is 1.20. The average molecular weight is 368 g/mol.